The van der Waals surface area contributed by atoms with Crippen LogP contribution in [0.4, 0.5) is 0 Å². The number of hydrogen-bond acceptors (Lipinski definition) is 4. The smallest absolute Gasteiger partial charge is 0.185 e. The molecule has 0 heterocycles. The van der Waals surface area contributed by atoms with Crippen LogP contribution in [0, 0.1) is 0 Å². The van der Waals surface area contributed by atoms with Crippen molar-refractivity contribution in [3.05, 3.63) is 59.7 Å². The van der Waals surface area contributed by atoms with Crippen molar-refractivity contribution in [2.45, 2.75) is 0 Å². The normalized spacial score (nSPS) is 10.7. The van der Waals surface area contributed by atoms with Gasteiger partial charge in [0.1, 0.15) is 5.75 Å². The molecule has 0 atom stereocenters. The van der Waals surface area contributed by atoms with Gasteiger partial charge in [0, 0.05) is 11.1 Å². The molecule has 0 aliphatic heterocycles. The van der Waals surface area contributed by atoms with Gasteiger partial charge in [-0.25, -0.2) is 0 Å². The zero-order valence-corrected chi connectivity index (χ0v) is 10.9. The maximum absolute atomic E-state index is 12.0. The number of methoxy groups -OCH3 is 1. The third-order valence-corrected chi connectivity index (χ3v) is 2.82. The molecular weight excluding hydrogens is 256 g/mol. The first-order valence-corrected chi connectivity index (χ1v) is 5.99. The van der Waals surface area contributed by atoms with Crippen molar-refractivity contribution in [2.75, 3.05) is 7.11 Å². The molecule has 0 amide bonds. The minimum absolute atomic E-state index is 0.0197. The van der Waals surface area contributed by atoms with E-state index in [0.29, 0.717) is 11.1 Å². The van der Waals surface area contributed by atoms with Gasteiger partial charge in [0.2, 0.25) is 0 Å². The molecule has 2 rings (SSSR count). The lowest BCUT2D eigenvalue weighted by Crippen LogP contribution is -1.95. The molecule has 2 N–H and O–H groups in total. The lowest BCUT2D eigenvalue weighted by Gasteiger charge is -2.04. The second-order valence-corrected chi connectivity index (χ2v) is 4.14. The van der Waals surface area contributed by atoms with Crippen molar-refractivity contribution >= 4 is 11.9 Å². The molecular formula is C16H14O4. The molecule has 0 fully saturated rings. The number of phenols is 2. The summed E-state index contributed by atoms with van der Waals surface area (Å²) in [6.07, 6.45) is 2.90. The third-order valence-electron chi connectivity index (χ3n) is 2.82. The number of benzene rings is 2. The van der Waals surface area contributed by atoms with Crippen LogP contribution in [0.15, 0.2) is 48.5 Å². The first kappa shape index (κ1) is 13.7. The number of ether oxygens (including phenoxy) is 1. The van der Waals surface area contributed by atoms with Crippen molar-refractivity contribution in [2.24, 2.45) is 0 Å². The molecule has 20 heavy (non-hydrogen) atoms. The summed E-state index contributed by atoms with van der Waals surface area (Å²) in [7, 11) is 1.42. The molecule has 0 aromatic heterocycles. The SMILES string of the molecule is COc1cc(C(=O)/C=C/c2ccccc2O)ccc1O. The Hall–Kier alpha value is -2.75. The van der Waals surface area contributed by atoms with Crippen molar-refractivity contribution in [1.29, 1.82) is 0 Å². The summed E-state index contributed by atoms with van der Waals surface area (Å²) in [4.78, 5) is 12.0. The third kappa shape index (κ3) is 2.98. The van der Waals surface area contributed by atoms with Gasteiger partial charge in [0.25, 0.3) is 0 Å². The first-order chi connectivity index (χ1) is 9.61. The summed E-state index contributed by atoms with van der Waals surface area (Å²) in [6.45, 7) is 0. The van der Waals surface area contributed by atoms with Crippen LogP contribution in [0.25, 0.3) is 6.08 Å². The average molecular weight is 270 g/mol. The molecule has 102 valence electrons. The number of ketones is 1. The van der Waals surface area contributed by atoms with Gasteiger partial charge in [0.15, 0.2) is 17.3 Å². The zero-order valence-electron chi connectivity index (χ0n) is 10.9. The fourth-order valence-electron chi connectivity index (χ4n) is 1.72. The van der Waals surface area contributed by atoms with Crippen LogP contribution in [-0.2, 0) is 0 Å². The van der Waals surface area contributed by atoms with E-state index in [9.17, 15) is 15.0 Å². The van der Waals surface area contributed by atoms with Crippen LogP contribution < -0.4 is 4.74 Å². The number of allylic oxidation sites excluding steroid dienone is 1. The molecule has 0 bridgehead atoms. The van der Waals surface area contributed by atoms with Crippen LogP contribution in [0.1, 0.15) is 15.9 Å². The fraction of sp³-hybridized carbons (Fsp3) is 0.0625. The molecule has 0 radical (unpaired) electrons. The van der Waals surface area contributed by atoms with E-state index >= 15 is 0 Å². The van der Waals surface area contributed by atoms with Crippen molar-refractivity contribution < 1.29 is 19.7 Å². The summed E-state index contributed by atoms with van der Waals surface area (Å²) in [5.74, 6) is 0.0898. The molecule has 4 heteroatoms. The van der Waals surface area contributed by atoms with Gasteiger partial charge in [-0.05, 0) is 36.4 Å². The predicted octanol–water partition coefficient (Wildman–Crippen LogP) is 3.00. The number of para-hydroxylation sites is 1. The molecule has 4 nitrogen and oxygen atoms in total. The second kappa shape index (κ2) is 5.93. The standard InChI is InChI=1S/C16H14O4/c1-20-16-10-12(7-9-15(16)19)14(18)8-6-11-4-2-3-5-13(11)17/h2-10,17,19H,1H3/b8-6+. The second-order valence-electron chi connectivity index (χ2n) is 4.14. The first-order valence-electron chi connectivity index (χ1n) is 5.99. The zero-order chi connectivity index (χ0) is 14.5. The van der Waals surface area contributed by atoms with Gasteiger partial charge >= 0.3 is 0 Å². The Balaban J connectivity index is 2.22. The minimum Gasteiger partial charge on any atom is -0.507 e. The van der Waals surface area contributed by atoms with Crippen molar-refractivity contribution in [3.8, 4) is 17.2 Å². The van der Waals surface area contributed by atoms with Crippen LogP contribution in [-0.4, -0.2) is 23.1 Å². The molecule has 2 aromatic carbocycles. The Bertz CT molecular complexity index is 659. The highest BCUT2D eigenvalue weighted by Crippen LogP contribution is 2.26. The maximum atomic E-state index is 12.0. The van der Waals surface area contributed by atoms with E-state index < -0.39 is 0 Å². The number of rotatable bonds is 4. The van der Waals surface area contributed by atoms with E-state index in [4.69, 9.17) is 4.74 Å². The quantitative estimate of drug-likeness (QED) is 0.662. The van der Waals surface area contributed by atoms with Crippen molar-refractivity contribution in [1.82, 2.24) is 0 Å². The lowest BCUT2D eigenvalue weighted by atomic mass is 10.1. The number of carbonyl (C=O) groups excluding carboxylic acids is 1. The average Bonchev–Trinajstić information content (AvgIpc) is 2.46. The van der Waals surface area contributed by atoms with E-state index in [1.54, 1.807) is 24.3 Å². The van der Waals surface area contributed by atoms with Gasteiger partial charge in [0.05, 0.1) is 7.11 Å². The van der Waals surface area contributed by atoms with Gasteiger partial charge in [-0.2, -0.15) is 0 Å². The van der Waals surface area contributed by atoms with E-state index in [2.05, 4.69) is 0 Å². The molecule has 0 saturated carbocycles. The topological polar surface area (TPSA) is 66.8 Å². The van der Waals surface area contributed by atoms with E-state index in [-0.39, 0.29) is 23.0 Å². The highest BCUT2D eigenvalue weighted by Gasteiger charge is 2.07. The van der Waals surface area contributed by atoms with Crippen LogP contribution in [0.2, 0.25) is 0 Å². The number of phenolic OH excluding ortho intramolecular Hbond substituents is 2. The Morgan fingerprint density at radius 2 is 1.85 bits per heavy atom. The van der Waals surface area contributed by atoms with Crippen molar-refractivity contribution in [3.63, 3.8) is 0 Å². The van der Waals surface area contributed by atoms with Crippen LogP contribution in [0.3, 0.4) is 0 Å². The molecule has 0 aliphatic rings. The Morgan fingerprint density at radius 3 is 2.55 bits per heavy atom. The van der Waals surface area contributed by atoms with Gasteiger partial charge < -0.3 is 14.9 Å². The Morgan fingerprint density at radius 1 is 1.10 bits per heavy atom. The summed E-state index contributed by atoms with van der Waals surface area (Å²) in [5.41, 5.74) is 0.956. The number of hydrogen-bond donors (Lipinski definition) is 2. The highest BCUT2D eigenvalue weighted by atomic mass is 16.5. The van der Waals surface area contributed by atoms with Gasteiger partial charge in [-0.15, -0.1) is 0 Å². The Labute approximate surface area is 116 Å². The Kier molecular flexibility index (Phi) is 4.05. The molecule has 0 aliphatic carbocycles. The molecule has 0 saturated heterocycles. The maximum Gasteiger partial charge on any atom is 0.185 e. The van der Waals surface area contributed by atoms with E-state index in [1.165, 1.54) is 37.5 Å². The van der Waals surface area contributed by atoms with E-state index in [1.807, 2.05) is 0 Å². The van der Waals surface area contributed by atoms with Gasteiger partial charge in [-0.3, -0.25) is 4.79 Å². The van der Waals surface area contributed by atoms with Crippen LogP contribution >= 0.6 is 0 Å². The molecule has 2 aromatic rings. The minimum atomic E-state index is -0.244. The van der Waals surface area contributed by atoms with Crippen LogP contribution in [0.5, 0.6) is 17.2 Å². The molecule has 0 unspecified atom stereocenters. The number of aromatic hydroxyl groups is 2. The lowest BCUT2D eigenvalue weighted by molar-refractivity contribution is 0.104. The summed E-state index contributed by atoms with van der Waals surface area (Å²) < 4.78 is 4.95. The van der Waals surface area contributed by atoms with Gasteiger partial charge in [-0.1, -0.05) is 18.2 Å². The summed E-state index contributed by atoms with van der Waals surface area (Å²) in [6, 6.07) is 11.1. The predicted molar refractivity (Wildman–Crippen MR) is 76.1 cm³/mol. The largest absolute Gasteiger partial charge is 0.507 e. The number of carbonyl (C=O) groups is 1. The summed E-state index contributed by atoms with van der Waals surface area (Å²) >= 11 is 0. The highest BCUT2D eigenvalue weighted by molar-refractivity contribution is 6.07. The molecule has 0 spiro atoms. The van der Waals surface area contributed by atoms with E-state index in [0.717, 1.165) is 0 Å². The summed E-state index contributed by atoms with van der Waals surface area (Å²) in [5, 5.41) is 19.1. The fourth-order valence-corrected chi connectivity index (χ4v) is 1.72. The monoisotopic (exact) mass is 270 g/mol.